The molecular weight excluding hydrogens is 609 g/mol. The van der Waals surface area contributed by atoms with Gasteiger partial charge in [-0.3, -0.25) is 0 Å². The van der Waals surface area contributed by atoms with E-state index in [2.05, 4.69) is 4.40 Å². The fourth-order valence-corrected chi connectivity index (χ4v) is 4.95. The summed E-state index contributed by atoms with van der Waals surface area (Å²) in [5.41, 5.74) is 1.63. The molecule has 1 atom stereocenters. The zero-order valence-electron chi connectivity index (χ0n) is 16.7. The molecule has 2 heterocycles. The molecule has 10 heteroatoms. The van der Waals surface area contributed by atoms with Gasteiger partial charge in [-0.25, -0.2) is 8.42 Å². The number of halogens is 2. The van der Waals surface area contributed by atoms with Gasteiger partial charge in [0.25, 0.3) is 15.9 Å². The molecule has 1 saturated heterocycles. The summed E-state index contributed by atoms with van der Waals surface area (Å²) in [5, 5.41) is 0. The van der Waals surface area contributed by atoms with Crippen molar-refractivity contribution in [3.63, 3.8) is 0 Å². The number of amidine groups is 1. The van der Waals surface area contributed by atoms with Gasteiger partial charge in [-0.15, -0.1) is 4.40 Å². The molecule has 31 heavy (non-hydrogen) atoms. The van der Waals surface area contributed by atoms with Crippen LogP contribution in [0.25, 0.3) is 0 Å². The molecule has 4 rings (SSSR count). The van der Waals surface area contributed by atoms with Crippen LogP contribution in [0, 0.1) is 6.92 Å². The molecule has 2 aliphatic heterocycles. The molecule has 0 amide bonds. The average molecular weight is 632 g/mol. The van der Waals surface area contributed by atoms with Gasteiger partial charge in [-0.1, -0.05) is 54.1 Å². The van der Waals surface area contributed by atoms with E-state index in [0.29, 0.717) is 12.4 Å². The van der Waals surface area contributed by atoms with Crippen molar-refractivity contribution >= 4 is 15.9 Å². The van der Waals surface area contributed by atoms with Gasteiger partial charge in [0.15, 0.2) is 0 Å². The third kappa shape index (κ3) is 5.44. The van der Waals surface area contributed by atoms with Crippen molar-refractivity contribution in [1.29, 1.82) is 0 Å². The summed E-state index contributed by atoms with van der Waals surface area (Å²) in [5.74, 6) is -2.68. The Morgan fingerprint density at radius 2 is 1.55 bits per heavy atom. The number of rotatable bonds is 3. The SMILES string of the molecule is Cc1ccc(C(F)(F)c2ccc(C3CCCN4CCS(=O)(=O)N=C34)cc2)cc1.[O]=[Pt]=[O]. The first-order valence-corrected chi connectivity index (χ1v) is 13.1. The minimum atomic E-state index is -3.44. The average Bonchev–Trinajstić information content (AvgIpc) is 2.74. The Balaban J connectivity index is 0.000000858. The number of alkyl halides is 2. The van der Waals surface area contributed by atoms with Gasteiger partial charge < -0.3 is 4.90 Å². The van der Waals surface area contributed by atoms with Gasteiger partial charge in [-0.2, -0.15) is 8.78 Å². The number of benzene rings is 2. The molecule has 0 spiro atoms. The summed E-state index contributed by atoms with van der Waals surface area (Å²) in [6.45, 7) is 3.09. The van der Waals surface area contributed by atoms with Crippen LogP contribution in [0.5, 0.6) is 0 Å². The van der Waals surface area contributed by atoms with E-state index < -0.39 is 34.4 Å². The zero-order chi connectivity index (χ0) is 22.6. The summed E-state index contributed by atoms with van der Waals surface area (Å²) in [7, 11) is -3.44. The number of hydrogen-bond acceptors (Lipinski definition) is 5. The second-order valence-corrected chi connectivity index (χ2v) is 9.67. The maximum atomic E-state index is 14.9. The molecule has 0 aliphatic carbocycles. The van der Waals surface area contributed by atoms with Crippen molar-refractivity contribution in [2.24, 2.45) is 4.40 Å². The molecule has 1 fully saturated rings. The molecule has 0 N–H and O–H groups in total. The summed E-state index contributed by atoms with van der Waals surface area (Å²) in [6, 6.07) is 12.5. The predicted octanol–water partition coefficient (Wildman–Crippen LogP) is 3.82. The summed E-state index contributed by atoms with van der Waals surface area (Å²) >= 11 is -1.92. The first-order valence-electron chi connectivity index (χ1n) is 9.65. The summed E-state index contributed by atoms with van der Waals surface area (Å²) in [6.07, 6.45) is 1.68. The van der Waals surface area contributed by atoms with Crippen molar-refractivity contribution in [1.82, 2.24) is 4.90 Å². The third-order valence-corrected chi connectivity index (χ3v) is 6.66. The van der Waals surface area contributed by atoms with Crippen molar-refractivity contribution < 1.29 is 42.5 Å². The quantitative estimate of drug-likeness (QED) is 0.515. The normalized spacial score (nSPS) is 20.3. The van der Waals surface area contributed by atoms with Crippen molar-refractivity contribution in [2.45, 2.75) is 31.6 Å². The molecule has 170 valence electrons. The number of piperidine rings is 1. The van der Waals surface area contributed by atoms with Gasteiger partial charge in [0.05, 0.1) is 5.75 Å². The monoisotopic (exact) mass is 631 g/mol. The molecule has 0 bridgehead atoms. The molecule has 1 unspecified atom stereocenters. The fraction of sp³-hybridized carbons (Fsp3) is 0.381. The van der Waals surface area contributed by atoms with Crippen LogP contribution in [0.2, 0.25) is 0 Å². The van der Waals surface area contributed by atoms with Gasteiger partial charge in [0.1, 0.15) is 5.84 Å². The zero-order valence-corrected chi connectivity index (χ0v) is 19.8. The van der Waals surface area contributed by atoms with E-state index in [9.17, 15) is 17.2 Å². The van der Waals surface area contributed by atoms with E-state index in [-0.39, 0.29) is 22.8 Å². The standard InChI is InChI=1S/C21H22F2N2O2S.2O.Pt/c1-15-4-8-17(9-5-15)21(22,23)18-10-6-16(7-11-18)19-3-2-12-25-13-14-28(26,27)24-20(19)25;;;/h4-11,19H,2-3,12-14H2,1H3;;;. The Labute approximate surface area is 188 Å². The van der Waals surface area contributed by atoms with Crippen LogP contribution in [0.3, 0.4) is 0 Å². The second-order valence-electron chi connectivity index (χ2n) is 7.53. The Morgan fingerprint density at radius 3 is 2.13 bits per heavy atom. The molecule has 6 nitrogen and oxygen atoms in total. The topological polar surface area (TPSA) is 83.9 Å². The first kappa shape index (κ1) is 23.7. The molecular formula is C21H22F2N2O4PtS. The Morgan fingerprint density at radius 1 is 1.00 bits per heavy atom. The number of fused-ring (bicyclic) bond motifs is 1. The molecule has 2 aromatic rings. The van der Waals surface area contributed by atoms with Crippen molar-refractivity contribution in [3.8, 4) is 0 Å². The van der Waals surface area contributed by atoms with Crippen LogP contribution < -0.4 is 0 Å². The predicted molar refractivity (Wildman–Crippen MR) is 107 cm³/mol. The number of hydrogen-bond donors (Lipinski definition) is 0. The Bertz CT molecular complexity index is 1100. The van der Waals surface area contributed by atoms with E-state index in [0.717, 1.165) is 30.5 Å². The van der Waals surface area contributed by atoms with Crippen LogP contribution in [-0.2, 0) is 41.2 Å². The van der Waals surface area contributed by atoms with E-state index >= 15 is 0 Å². The van der Waals surface area contributed by atoms with Crippen molar-refractivity contribution in [2.75, 3.05) is 18.8 Å². The second kappa shape index (κ2) is 9.65. The van der Waals surface area contributed by atoms with E-state index in [4.69, 9.17) is 6.80 Å². The fourth-order valence-electron chi connectivity index (χ4n) is 3.88. The first-order chi connectivity index (χ1) is 14.7. The van der Waals surface area contributed by atoms with E-state index in [1.807, 2.05) is 11.8 Å². The van der Waals surface area contributed by atoms with Gasteiger partial charge >= 0.3 is 25.3 Å². The number of nitrogens with zero attached hydrogens (tertiary/aromatic N) is 2. The molecule has 2 aliphatic rings. The van der Waals surface area contributed by atoms with Gasteiger partial charge in [0, 0.05) is 30.1 Å². The molecule has 0 radical (unpaired) electrons. The van der Waals surface area contributed by atoms with E-state index in [1.165, 1.54) is 24.3 Å². The van der Waals surface area contributed by atoms with Crippen LogP contribution in [-0.4, -0.2) is 38.0 Å². The Kier molecular flexibility index (Phi) is 7.37. The van der Waals surface area contributed by atoms with Crippen LogP contribution in [0.15, 0.2) is 52.9 Å². The minimum absolute atomic E-state index is 0.0327. The number of aryl methyl sites for hydroxylation is 1. The van der Waals surface area contributed by atoms with Gasteiger partial charge in [0.2, 0.25) is 0 Å². The summed E-state index contributed by atoms with van der Waals surface area (Å²) < 4.78 is 74.5. The van der Waals surface area contributed by atoms with E-state index in [1.54, 1.807) is 24.3 Å². The third-order valence-electron chi connectivity index (χ3n) is 5.50. The Hall–Kier alpha value is -1.99. The van der Waals surface area contributed by atoms with Crippen LogP contribution in [0.1, 0.15) is 41.0 Å². The molecule has 2 aromatic carbocycles. The van der Waals surface area contributed by atoms with Crippen LogP contribution in [0.4, 0.5) is 8.78 Å². The van der Waals surface area contributed by atoms with Crippen LogP contribution >= 0.6 is 0 Å². The maximum absolute atomic E-state index is 14.9. The summed E-state index contributed by atoms with van der Waals surface area (Å²) in [4.78, 5) is 2.00. The molecule has 0 saturated carbocycles. The van der Waals surface area contributed by atoms with Crippen molar-refractivity contribution in [3.05, 3.63) is 70.8 Å². The number of sulfonamides is 1. The molecule has 0 aromatic heterocycles. The van der Waals surface area contributed by atoms with Gasteiger partial charge in [-0.05, 0) is 25.3 Å².